The van der Waals surface area contributed by atoms with Crippen molar-refractivity contribution in [3.8, 4) is 0 Å². The number of guanidine groups is 1. The molecule has 0 bridgehead atoms. The topological polar surface area (TPSA) is 173 Å². The van der Waals surface area contributed by atoms with Gasteiger partial charge in [-0.15, -0.1) is 0 Å². The molecule has 1 amide bonds. The highest BCUT2D eigenvalue weighted by Crippen LogP contribution is 2.39. The summed E-state index contributed by atoms with van der Waals surface area (Å²) in [4.78, 5) is 54.4. The van der Waals surface area contributed by atoms with Crippen LogP contribution in [-0.2, 0) is 35.1 Å². The smallest absolute Gasteiger partial charge is 0.329 e. The summed E-state index contributed by atoms with van der Waals surface area (Å²) in [6.45, 7) is 26.3. The summed E-state index contributed by atoms with van der Waals surface area (Å²) in [5.74, 6) is -1.47. The molecule has 11 nitrogen and oxygen atoms in total. The fraction of sp³-hybridized carbons (Fsp3) is 0.718. The number of esters is 2. The van der Waals surface area contributed by atoms with E-state index in [1.54, 1.807) is 41.5 Å². The average molecular weight is 702 g/mol. The maximum Gasteiger partial charge on any atom is 0.329 e. The van der Waals surface area contributed by atoms with Crippen molar-refractivity contribution in [3.63, 3.8) is 0 Å². The van der Waals surface area contributed by atoms with Gasteiger partial charge in [0.25, 0.3) is 0 Å². The zero-order valence-corrected chi connectivity index (χ0v) is 33.3. The van der Waals surface area contributed by atoms with Gasteiger partial charge in [0.2, 0.25) is 5.91 Å². The third-order valence-corrected chi connectivity index (χ3v) is 8.15. The third kappa shape index (κ3) is 16.0. The van der Waals surface area contributed by atoms with Gasteiger partial charge in [-0.3, -0.25) is 25.1 Å². The van der Waals surface area contributed by atoms with Crippen LogP contribution in [0.1, 0.15) is 128 Å². The normalized spacial score (nSPS) is 14.3. The number of hydrogen-bond acceptors (Lipinski definition) is 8. The van der Waals surface area contributed by atoms with Crippen molar-refractivity contribution in [1.82, 2.24) is 16.0 Å². The minimum Gasteiger partial charge on any atom is -0.458 e. The number of carbonyl (C=O) groups excluding carboxylic acids is 4. The van der Waals surface area contributed by atoms with E-state index in [-0.39, 0.29) is 36.0 Å². The van der Waals surface area contributed by atoms with E-state index in [0.29, 0.717) is 25.8 Å². The van der Waals surface area contributed by atoms with Crippen LogP contribution in [0.4, 0.5) is 0 Å². The molecular weight excluding hydrogens is 634 g/mol. The van der Waals surface area contributed by atoms with E-state index < -0.39 is 51.5 Å². The highest BCUT2D eigenvalue weighted by molar-refractivity contribution is 5.91. The lowest BCUT2D eigenvalue weighted by atomic mass is 9.67. The van der Waals surface area contributed by atoms with Gasteiger partial charge in [0, 0.05) is 41.2 Å². The third-order valence-electron chi connectivity index (χ3n) is 8.15. The maximum atomic E-state index is 13.9. The van der Waals surface area contributed by atoms with Gasteiger partial charge in [-0.1, -0.05) is 78.8 Å². The first-order chi connectivity index (χ1) is 22.5. The number of benzene rings is 1. The Morgan fingerprint density at radius 1 is 0.740 bits per heavy atom. The molecule has 0 aliphatic carbocycles. The van der Waals surface area contributed by atoms with Crippen molar-refractivity contribution in [2.75, 3.05) is 6.54 Å². The molecule has 1 rings (SSSR count). The summed E-state index contributed by atoms with van der Waals surface area (Å²) < 4.78 is 12.1. The molecule has 2 unspecified atom stereocenters. The Labute approximate surface area is 301 Å². The second-order valence-electron chi connectivity index (χ2n) is 18.2. The van der Waals surface area contributed by atoms with Gasteiger partial charge in [-0.05, 0) is 73.3 Å². The second kappa shape index (κ2) is 17.2. The molecule has 0 heterocycles. The summed E-state index contributed by atoms with van der Waals surface area (Å²) in [6, 6.07) is 7.78. The molecule has 0 spiro atoms. The molecule has 1 aromatic carbocycles. The van der Waals surface area contributed by atoms with Crippen LogP contribution >= 0.6 is 0 Å². The Morgan fingerprint density at radius 2 is 1.24 bits per heavy atom. The monoisotopic (exact) mass is 702 g/mol. The van der Waals surface area contributed by atoms with Crippen molar-refractivity contribution < 1.29 is 28.7 Å². The predicted octanol–water partition coefficient (Wildman–Crippen LogP) is 5.83. The van der Waals surface area contributed by atoms with Crippen LogP contribution in [0.3, 0.4) is 0 Å². The molecule has 0 saturated carbocycles. The van der Waals surface area contributed by atoms with E-state index in [1.807, 2.05) is 85.7 Å². The van der Waals surface area contributed by atoms with Crippen LogP contribution in [-0.4, -0.2) is 65.0 Å². The molecular formula is C39H67N5O6. The van der Waals surface area contributed by atoms with Crippen molar-refractivity contribution >= 4 is 29.6 Å². The Balaban J connectivity index is 3.16. The number of Topliss-reactive ketones (excluding diaryl/α,β-unsaturated/α-hetero) is 1. The first-order valence-corrected chi connectivity index (χ1v) is 17.7. The lowest BCUT2D eigenvalue weighted by molar-refractivity contribution is -0.174. The van der Waals surface area contributed by atoms with E-state index in [2.05, 4.69) is 16.0 Å². The second-order valence-corrected chi connectivity index (χ2v) is 18.2. The van der Waals surface area contributed by atoms with E-state index in [9.17, 15) is 19.2 Å². The molecule has 0 fully saturated rings. The number of ether oxygens (including phenoxy) is 2. The van der Waals surface area contributed by atoms with Crippen molar-refractivity contribution in [3.05, 3.63) is 35.9 Å². The molecule has 0 saturated heterocycles. The summed E-state index contributed by atoms with van der Waals surface area (Å²) >= 11 is 0. The zero-order valence-electron chi connectivity index (χ0n) is 33.3. The van der Waals surface area contributed by atoms with Gasteiger partial charge >= 0.3 is 11.9 Å². The molecule has 11 heteroatoms. The van der Waals surface area contributed by atoms with Crippen LogP contribution < -0.4 is 21.7 Å². The fourth-order valence-electron chi connectivity index (χ4n) is 6.76. The minimum atomic E-state index is -1.07. The minimum absolute atomic E-state index is 0.0571. The molecule has 0 radical (unpaired) electrons. The Hall–Kier alpha value is -3.47. The lowest BCUT2D eigenvalue weighted by Gasteiger charge is -2.38. The number of hydrogen-bond donors (Lipinski definition) is 5. The van der Waals surface area contributed by atoms with Crippen LogP contribution in [0, 0.1) is 21.7 Å². The standard InChI is InChI=1S/C39H67N5O6/c1-34(2,3)31(47)36(7,8)24-37(9,10)32(48)43-28(23-26-19-16-15-17-20-26)30(46)50-39(13,14)25-38(11,12)49-29(45)27(44-35(4,5)6)21-18-22-42-33(40)41/h15-17,19-20,27-28,44H,18,21-25H2,1-14H3,(H,43,48)(H4,40,41,42). The number of carbonyl (C=O) groups is 4. The number of ketones is 1. The molecule has 6 N–H and O–H groups in total. The highest BCUT2D eigenvalue weighted by atomic mass is 16.6. The zero-order chi connectivity index (χ0) is 38.9. The van der Waals surface area contributed by atoms with Crippen LogP contribution in [0.2, 0.25) is 0 Å². The van der Waals surface area contributed by atoms with Gasteiger partial charge in [0.15, 0.2) is 5.96 Å². The van der Waals surface area contributed by atoms with E-state index in [1.165, 1.54) is 0 Å². The lowest BCUT2D eigenvalue weighted by Crippen LogP contribution is -2.52. The number of nitrogens with one attached hydrogen (secondary N) is 4. The SMILES string of the molecule is CC(C)(C)NC(CCCNC(=N)N)C(=O)OC(C)(C)CC(C)(C)OC(=O)C(Cc1ccccc1)NC(=O)C(C)(C)CC(C)(C)C(=O)C(C)(C)C. The molecule has 0 aromatic heterocycles. The number of rotatable bonds is 18. The van der Waals surface area contributed by atoms with Crippen molar-refractivity contribution in [2.45, 2.75) is 158 Å². The van der Waals surface area contributed by atoms with Crippen molar-refractivity contribution in [2.24, 2.45) is 22.0 Å². The van der Waals surface area contributed by atoms with Crippen molar-refractivity contribution in [1.29, 1.82) is 5.41 Å². The average Bonchev–Trinajstić information content (AvgIpc) is 2.91. The first kappa shape index (κ1) is 44.6. The molecule has 2 atom stereocenters. The van der Waals surface area contributed by atoms with Gasteiger partial charge in [0.1, 0.15) is 29.1 Å². The van der Waals surface area contributed by atoms with E-state index in [4.69, 9.17) is 20.6 Å². The summed E-state index contributed by atoms with van der Waals surface area (Å²) in [6.07, 6.45) is 1.73. The van der Waals surface area contributed by atoms with Crippen LogP contribution in [0.15, 0.2) is 30.3 Å². The van der Waals surface area contributed by atoms with Crippen LogP contribution in [0.5, 0.6) is 0 Å². The fourth-order valence-corrected chi connectivity index (χ4v) is 6.76. The van der Waals surface area contributed by atoms with Gasteiger partial charge < -0.3 is 25.8 Å². The number of amides is 1. The molecule has 284 valence electrons. The maximum absolute atomic E-state index is 13.9. The number of nitrogens with two attached hydrogens (primary N) is 1. The Kier molecular flexibility index (Phi) is 15.3. The van der Waals surface area contributed by atoms with E-state index >= 15 is 0 Å². The van der Waals surface area contributed by atoms with Gasteiger partial charge in [-0.2, -0.15) is 0 Å². The highest BCUT2D eigenvalue weighted by Gasteiger charge is 2.44. The first-order valence-electron chi connectivity index (χ1n) is 17.7. The molecule has 1 aromatic rings. The Bertz CT molecular complexity index is 1320. The van der Waals surface area contributed by atoms with Gasteiger partial charge in [0.05, 0.1) is 0 Å². The quantitative estimate of drug-likeness (QED) is 0.0547. The van der Waals surface area contributed by atoms with Crippen LogP contribution in [0.25, 0.3) is 0 Å². The molecule has 0 aliphatic heterocycles. The summed E-state index contributed by atoms with van der Waals surface area (Å²) in [7, 11) is 0. The molecule has 50 heavy (non-hydrogen) atoms. The van der Waals surface area contributed by atoms with E-state index in [0.717, 1.165) is 5.56 Å². The largest absolute Gasteiger partial charge is 0.458 e. The predicted molar refractivity (Wildman–Crippen MR) is 200 cm³/mol. The summed E-state index contributed by atoms with van der Waals surface area (Å²) in [5, 5.41) is 16.4. The van der Waals surface area contributed by atoms with Gasteiger partial charge in [-0.25, -0.2) is 4.79 Å². The summed E-state index contributed by atoms with van der Waals surface area (Å²) in [5.41, 5.74) is 1.48. The molecule has 0 aliphatic rings. The Morgan fingerprint density at radius 3 is 1.70 bits per heavy atom.